The predicted molar refractivity (Wildman–Crippen MR) is 116 cm³/mol. The molecular weight excluding hydrogens is 417 g/mol. The average Bonchev–Trinajstić information content (AvgIpc) is 2.77. The maximum absolute atomic E-state index is 12.6. The van der Waals surface area contributed by atoms with Crippen LogP contribution in [0.1, 0.15) is 48.0 Å². The van der Waals surface area contributed by atoms with E-state index in [0.29, 0.717) is 37.5 Å². The van der Waals surface area contributed by atoms with E-state index in [1.54, 1.807) is 12.1 Å². The first-order valence-corrected chi connectivity index (χ1v) is 10.9. The van der Waals surface area contributed by atoms with Crippen LogP contribution >= 0.6 is 0 Å². The Bertz CT molecular complexity index is 830. The number of para-hydroxylation sites is 1. The number of ether oxygens (including phenoxy) is 1. The fraction of sp³-hybridized carbons (Fsp3) is 0.571. The quantitative estimate of drug-likeness (QED) is 0.290. The summed E-state index contributed by atoms with van der Waals surface area (Å²) in [5.41, 5.74) is 0.645. The Labute approximate surface area is 187 Å². The normalized spacial score (nSPS) is 22.3. The molecule has 2 aliphatic rings. The van der Waals surface area contributed by atoms with Gasteiger partial charge in [0.25, 0.3) is 0 Å². The van der Waals surface area contributed by atoms with Gasteiger partial charge in [0, 0.05) is 25.6 Å². The minimum atomic E-state index is -1.30. The fourth-order valence-electron chi connectivity index (χ4n) is 4.33. The molecule has 0 saturated heterocycles. The monoisotopic (exact) mass is 447 g/mol. The first-order valence-electron chi connectivity index (χ1n) is 10.9. The summed E-state index contributed by atoms with van der Waals surface area (Å²) in [6, 6.07) is 5.15. The molecule has 3 rings (SSSR count). The highest BCUT2D eigenvalue weighted by Crippen LogP contribution is 2.31. The average molecular weight is 447 g/mol. The second-order valence-electron chi connectivity index (χ2n) is 8.28. The molecule has 11 heteroatoms. The summed E-state index contributed by atoms with van der Waals surface area (Å²) in [5, 5.41) is 28.4. The van der Waals surface area contributed by atoms with Crippen molar-refractivity contribution in [2.24, 2.45) is 5.92 Å². The minimum absolute atomic E-state index is 0.00206. The van der Waals surface area contributed by atoms with Crippen LogP contribution in [0.25, 0.3) is 0 Å². The van der Waals surface area contributed by atoms with E-state index in [9.17, 15) is 24.5 Å². The van der Waals surface area contributed by atoms with E-state index in [4.69, 9.17) is 4.65 Å². The number of hydrogen-bond donors (Lipinski definition) is 5. The molecule has 2 amide bonds. The van der Waals surface area contributed by atoms with Crippen molar-refractivity contribution in [1.82, 2.24) is 16.0 Å². The Morgan fingerprint density at radius 3 is 2.62 bits per heavy atom. The van der Waals surface area contributed by atoms with E-state index in [1.165, 1.54) is 13.2 Å². The second kappa shape index (κ2) is 11.2. The third-order valence-corrected chi connectivity index (χ3v) is 6.03. The van der Waals surface area contributed by atoms with Gasteiger partial charge in [-0.05, 0) is 49.7 Å². The number of rotatable bonds is 8. The summed E-state index contributed by atoms with van der Waals surface area (Å²) in [4.78, 5) is 34.9. The van der Waals surface area contributed by atoms with Crippen LogP contribution in [0.4, 0.5) is 4.79 Å². The van der Waals surface area contributed by atoms with Crippen LogP contribution in [0.3, 0.4) is 0 Å². The number of hydrogen-bond acceptors (Lipinski definition) is 7. The van der Waals surface area contributed by atoms with E-state index in [1.807, 2.05) is 0 Å². The summed E-state index contributed by atoms with van der Waals surface area (Å²) < 4.78 is 9.95. The molecule has 32 heavy (non-hydrogen) atoms. The highest BCUT2D eigenvalue weighted by atomic mass is 16.5. The molecule has 1 aliphatic heterocycles. The molecule has 10 nitrogen and oxygen atoms in total. The molecule has 0 radical (unpaired) electrons. The molecule has 1 fully saturated rings. The van der Waals surface area contributed by atoms with Crippen LogP contribution in [0, 0.1) is 5.92 Å². The number of carboxylic acids is 1. The van der Waals surface area contributed by atoms with Crippen LogP contribution in [0.2, 0.25) is 0 Å². The molecule has 0 spiro atoms. The number of benzene rings is 1. The Morgan fingerprint density at radius 1 is 1.19 bits per heavy atom. The number of nitrogens with one attached hydrogen (secondary N) is 3. The summed E-state index contributed by atoms with van der Waals surface area (Å²) in [6.45, 7) is 1.16. The van der Waals surface area contributed by atoms with Crippen molar-refractivity contribution < 1.29 is 33.9 Å². The lowest BCUT2D eigenvalue weighted by Crippen LogP contribution is -2.53. The molecule has 1 saturated carbocycles. The molecular formula is C21H30BN3O7. The van der Waals surface area contributed by atoms with E-state index in [2.05, 4.69) is 20.7 Å². The summed E-state index contributed by atoms with van der Waals surface area (Å²) in [7, 11) is 0.0292. The standard InChI is InChI=1S/C21H30BN3O7/c1-31-21(29)24-10-9-23-15-7-5-13(6-8-15)11-18(26)25-17-12-14-3-2-4-16(20(27)28)19(14)32-22(17)30/h2-4,13,15,17,23,30H,5-12H2,1H3,(H,24,29)(H,25,26)(H,27,28)/t13?,15?,17-/m0/s1. The van der Waals surface area contributed by atoms with Crippen molar-refractivity contribution in [3.05, 3.63) is 29.3 Å². The minimum Gasteiger partial charge on any atom is -0.534 e. The maximum Gasteiger partial charge on any atom is 0.547 e. The Balaban J connectivity index is 1.40. The van der Waals surface area contributed by atoms with Crippen molar-refractivity contribution in [3.8, 4) is 5.75 Å². The van der Waals surface area contributed by atoms with Crippen LogP contribution < -0.4 is 20.6 Å². The summed E-state index contributed by atoms with van der Waals surface area (Å²) in [6.07, 6.45) is 3.99. The van der Waals surface area contributed by atoms with Crippen molar-refractivity contribution in [2.75, 3.05) is 20.2 Å². The van der Waals surface area contributed by atoms with E-state index in [-0.39, 0.29) is 23.1 Å². The number of carbonyl (C=O) groups excluding carboxylic acids is 2. The third kappa shape index (κ3) is 6.36. The van der Waals surface area contributed by atoms with Gasteiger partial charge in [0.05, 0.1) is 18.6 Å². The highest BCUT2D eigenvalue weighted by molar-refractivity contribution is 6.47. The van der Waals surface area contributed by atoms with Gasteiger partial charge < -0.3 is 35.5 Å². The van der Waals surface area contributed by atoms with Gasteiger partial charge in [-0.3, -0.25) is 4.79 Å². The number of alkyl carbamates (subject to hydrolysis) is 1. The number of carboxylic acid groups (broad SMARTS) is 1. The van der Waals surface area contributed by atoms with Gasteiger partial charge in [-0.25, -0.2) is 9.59 Å². The molecule has 0 bridgehead atoms. The van der Waals surface area contributed by atoms with Crippen LogP contribution in [0.15, 0.2) is 18.2 Å². The number of methoxy groups -OCH3 is 1. The van der Waals surface area contributed by atoms with Gasteiger partial charge in [0.2, 0.25) is 5.91 Å². The molecule has 0 aromatic heterocycles. The van der Waals surface area contributed by atoms with Gasteiger partial charge in [-0.15, -0.1) is 0 Å². The van der Waals surface area contributed by atoms with Crippen molar-refractivity contribution in [1.29, 1.82) is 0 Å². The molecule has 1 aromatic rings. The first kappa shape index (κ1) is 23.9. The van der Waals surface area contributed by atoms with Crippen LogP contribution in [-0.4, -0.2) is 67.4 Å². The molecule has 174 valence electrons. The zero-order chi connectivity index (χ0) is 23.1. The Kier molecular flexibility index (Phi) is 8.35. The number of fused-ring (bicyclic) bond motifs is 1. The molecule has 1 atom stereocenters. The predicted octanol–water partition coefficient (Wildman–Crippen LogP) is 0.719. The van der Waals surface area contributed by atoms with Crippen molar-refractivity contribution in [3.63, 3.8) is 0 Å². The summed E-state index contributed by atoms with van der Waals surface area (Å²) >= 11 is 0. The topological polar surface area (TPSA) is 146 Å². The molecule has 1 aliphatic carbocycles. The molecule has 0 unspecified atom stereocenters. The van der Waals surface area contributed by atoms with Gasteiger partial charge >= 0.3 is 19.2 Å². The lowest BCUT2D eigenvalue weighted by atomic mass is 9.72. The second-order valence-corrected chi connectivity index (χ2v) is 8.28. The van der Waals surface area contributed by atoms with E-state index < -0.39 is 25.1 Å². The van der Waals surface area contributed by atoms with Gasteiger partial charge in [0.15, 0.2) is 0 Å². The van der Waals surface area contributed by atoms with Crippen LogP contribution in [-0.2, 0) is 16.0 Å². The molecule has 1 heterocycles. The number of amides is 2. The first-order chi connectivity index (χ1) is 15.4. The summed E-state index contributed by atoms with van der Waals surface area (Å²) in [5.74, 6) is -1.46. The molecule has 1 aromatic carbocycles. The smallest absolute Gasteiger partial charge is 0.534 e. The highest BCUT2D eigenvalue weighted by Gasteiger charge is 2.38. The zero-order valence-corrected chi connectivity index (χ0v) is 18.1. The Hall–Kier alpha value is -2.79. The maximum atomic E-state index is 12.6. The fourth-order valence-corrected chi connectivity index (χ4v) is 4.33. The lowest BCUT2D eigenvalue weighted by Gasteiger charge is -2.31. The van der Waals surface area contributed by atoms with Crippen molar-refractivity contribution >= 4 is 25.1 Å². The molecule has 5 N–H and O–H groups in total. The zero-order valence-electron chi connectivity index (χ0n) is 18.1. The van der Waals surface area contributed by atoms with Gasteiger partial charge in [-0.1, -0.05) is 12.1 Å². The van der Waals surface area contributed by atoms with Gasteiger partial charge in [-0.2, -0.15) is 0 Å². The van der Waals surface area contributed by atoms with E-state index >= 15 is 0 Å². The number of aromatic carboxylic acids is 1. The van der Waals surface area contributed by atoms with Gasteiger partial charge in [0.1, 0.15) is 5.75 Å². The van der Waals surface area contributed by atoms with Crippen molar-refractivity contribution in [2.45, 2.75) is 50.5 Å². The number of carbonyl (C=O) groups is 3. The third-order valence-electron chi connectivity index (χ3n) is 6.03. The van der Waals surface area contributed by atoms with Crippen LogP contribution in [0.5, 0.6) is 5.75 Å². The van der Waals surface area contributed by atoms with E-state index in [0.717, 1.165) is 25.7 Å². The SMILES string of the molecule is COC(=O)NCCNC1CCC(CC(=O)N[C@H]2Cc3cccc(C(=O)O)c3OB2O)CC1. The Morgan fingerprint density at radius 2 is 1.94 bits per heavy atom. The lowest BCUT2D eigenvalue weighted by molar-refractivity contribution is -0.122. The largest absolute Gasteiger partial charge is 0.547 e.